The second-order valence-electron chi connectivity index (χ2n) is 18.9. The van der Waals surface area contributed by atoms with Crippen LogP contribution in [0, 0.1) is 13.8 Å². The minimum Gasteiger partial charge on any atom is -0.507 e. The first-order valence-electron chi connectivity index (χ1n) is 24.5. The minimum atomic E-state index is -1.78. The number of aliphatic hydroxyl groups excluding tert-OH is 1. The van der Waals surface area contributed by atoms with Crippen LogP contribution in [0.4, 0.5) is 0 Å². The van der Waals surface area contributed by atoms with Crippen molar-refractivity contribution in [2.45, 2.75) is 66.7 Å². The number of carbonyl (C=O) groups is 8. The van der Waals surface area contributed by atoms with Crippen molar-refractivity contribution in [1.82, 2.24) is 0 Å². The Morgan fingerprint density at radius 1 is 0.549 bits per heavy atom. The molecule has 0 saturated heterocycles. The molecule has 18 heteroatoms. The van der Waals surface area contributed by atoms with Crippen molar-refractivity contribution >= 4 is 75.9 Å². The molecule has 0 unspecified atom stereocenters. The van der Waals surface area contributed by atoms with Crippen molar-refractivity contribution in [3.05, 3.63) is 218 Å². The number of ether oxygens (including phenoxy) is 4. The minimum absolute atomic E-state index is 0. The second kappa shape index (κ2) is 24.5. The summed E-state index contributed by atoms with van der Waals surface area (Å²) in [5, 5.41) is 52.1. The fourth-order valence-electron chi connectivity index (χ4n) is 9.24. The molecular weight excluding hydrogens is 1080 g/mol. The van der Waals surface area contributed by atoms with Crippen LogP contribution in [0.1, 0.15) is 102 Å². The lowest BCUT2D eigenvalue weighted by molar-refractivity contribution is -0.134. The highest BCUT2D eigenvalue weighted by molar-refractivity contribution is 6.66. The Morgan fingerprint density at radius 2 is 0.927 bits per heavy atom. The van der Waals surface area contributed by atoms with Crippen LogP contribution in [0.2, 0.25) is 0 Å². The van der Waals surface area contributed by atoms with Gasteiger partial charge in [0, 0.05) is 35.4 Å². The van der Waals surface area contributed by atoms with Crippen LogP contribution in [0.15, 0.2) is 168 Å². The van der Waals surface area contributed by atoms with Gasteiger partial charge in [-0.1, -0.05) is 111 Å². The lowest BCUT2D eigenvalue weighted by atomic mass is 9.71. The number of rotatable bonds is 12. The summed E-state index contributed by atoms with van der Waals surface area (Å²) >= 11 is 5.10. The number of allylic oxidation sites excluding steroid dienone is 7. The molecule has 0 spiro atoms. The smallest absolute Gasteiger partial charge is 0.336 e. The third kappa shape index (κ3) is 11.6. The number of ketones is 5. The van der Waals surface area contributed by atoms with E-state index in [1.165, 1.54) is 65.8 Å². The molecule has 4 aliphatic rings. The van der Waals surface area contributed by atoms with Gasteiger partial charge < -0.3 is 44.5 Å². The summed E-state index contributed by atoms with van der Waals surface area (Å²) in [5.41, 5.74) is -2.21. The number of carbonyl (C=O) groups excluding carboxylic acids is 8. The zero-order chi connectivity index (χ0) is 59.4. The first-order valence-corrected chi connectivity index (χ1v) is 24.9. The standard InChI is InChI=1S/C36H28O9.C18H16O7.C9H7ClO.CH4/c1-20-32(40)29(21(2)37)34-31(33(20)41)36(4)26(45-34)19-25(44-28(39)18-16-24-13-9-6-10-14-24)30(35(36)42)22(3)43-27(38)17-15-23-11-7-5-8-12-23;1-6-14(22)12(8(3)20)16-13(15(6)23)18(4)10(25-16)5-9(21)11(7(2)19)17(18)24;10-9(11)7-6-8-4-2-1-3-5-8;/h5-19,40-41H,3H2,1-2,4H3;5,21-23H,1-4H3;1-7H;1H4/b17-15+,18-16+;;7-6+;/t36-;18-;;/m00../s1. The molecule has 0 saturated carbocycles. The Labute approximate surface area is 476 Å². The molecule has 0 amide bonds. The number of aromatic hydroxyl groups is 4. The molecule has 5 aromatic carbocycles. The molecule has 2 aliphatic heterocycles. The van der Waals surface area contributed by atoms with Crippen molar-refractivity contribution in [1.29, 1.82) is 0 Å². The molecule has 17 nitrogen and oxygen atoms in total. The highest BCUT2D eigenvalue weighted by atomic mass is 35.5. The molecule has 2 atom stereocenters. The summed E-state index contributed by atoms with van der Waals surface area (Å²) in [7, 11) is 0. The van der Waals surface area contributed by atoms with Crippen LogP contribution < -0.4 is 9.47 Å². The number of halogens is 1. The lowest BCUT2D eigenvalue weighted by Gasteiger charge is -2.30. The van der Waals surface area contributed by atoms with Crippen LogP contribution in [0.3, 0.4) is 0 Å². The number of esters is 2. The molecule has 0 bridgehead atoms. The van der Waals surface area contributed by atoms with Gasteiger partial charge in [0.05, 0.1) is 11.1 Å². The normalized spacial score (nSPS) is 17.3. The van der Waals surface area contributed by atoms with Crippen molar-refractivity contribution < 1.29 is 82.8 Å². The van der Waals surface area contributed by atoms with E-state index < -0.39 is 97.0 Å². The first kappa shape index (κ1) is 61.1. The molecular formula is C64H55ClO17. The van der Waals surface area contributed by atoms with Gasteiger partial charge in [-0.3, -0.25) is 28.8 Å². The van der Waals surface area contributed by atoms with Gasteiger partial charge in [-0.2, -0.15) is 0 Å². The maximum Gasteiger partial charge on any atom is 0.336 e. The van der Waals surface area contributed by atoms with Crippen molar-refractivity contribution in [2.75, 3.05) is 0 Å². The van der Waals surface area contributed by atoms with Gasteiger partial charge >= 0.3 is 11.9 Å². The third-order valence-corrected chi connectivity index (χ3v) is 13.6. The van der Waals surface area contributed by atoms with Gasteiger partial charge in [-0.15, -0.1) is 0 Å². The van der Waals surface area contributed by atoms with Gasteiger partial charge in [0.25, 0.3) is 0 Å². The van der Waals surface area contributed by atoms with Gasteiger partial charge in [0.15, 0.2) is 28.9 Å². The fraction of sp³-hybridized carbons (Fsp3) is 0.156. The van der Waals surface area contributed by atoms with Gasteiger partial charge in [0.2, 0.25) is 5.24 Å². The number of phenolic OH excluding ortho intramolecular Hbond substituents is 4. The molecule has 2 heterocycles. The SMILES string of the molecule is C.C=C(OC(=O)/C=C/c1ccccc1)C1=C(OC(=O)/C=C/c2ccccc2)C=C2Oc3c(C(C)=O)c(O)c(C)c(O)c3[C@@]2(C)C1=O.CC(=O)C1=C(O)C=C2Oc3c(C(C)=O)c(O)c(C)c(O)c3[C@@]2(C)C1=O.O=C(Cl)/C=C/c1ccccc1. The van der Waals surface area contributed by atoms with Gasteiger partial charge in [-0.25, -0.2) is 9.59 Å². The molecule has 0 radical (unpaired) electrons. The van der Waals surface area contributed by atoms with E-state index in [0.717, 1.165) is 41.8 Å². The third-order valence-electron chi connectivity index (χ3n) is 13.5. The summed E-state index contributed by atoms with van der Waals surface area (Å²) in [5.74, 6) is -8.57. The van der Waals surface area contributed by atoms with Crippen LogP contribution in [0.5, 0.6) is 34.5 Å². The number of hydrogen-bond acceptors (Lipinski definition) is 17. The number of hydrogen-bond donors (Lipinski definition) is 5. The van der Waals surface area contributed by atoms with E-state index in [1.54, 1.807) is 54.6 Å². The zero-order valence-corrected chi connectivity index (χ0v) is 45.3. The Hall–Kier alpha value is -10.1. The predicted molar refractivity (Wildman–Crippen MR) is 304 cm³/mol. The average molecular weight is 1130 g/mol. The maximum atomic E-state index is 14.4. The molecule has 5 N–H and O–H groups in total. The number of aliphatic hydroxyl groups is 1. The molecule has 0 fully saturated rings. The van der Waals surface area contributed by atoms with Crippen molar-refractivity contribution in [3.8, 4) is 34.5 Å². The summed E-state index contributed by atoms with van der Waals surface area (Å²) in [6, 6.07) is 27.4. The Kier molecular flexibility index (Phi) is 18.2. The number of Topliss-reactive ketones (excluding diaryl/α,β-unsaturated/α-hetero) is 5. The van der Waals surface area contributed by atoms with Crippen LogP contribution in [-0.4, -0.2) is 71.6 Å². The van der Waals surface area contributed by atoms with E-state index in [9.17, 15) is 63.9 Å². The largest absolute Gasteiger partial charge is 0.507 e. The highest BCUT2D eigenvalue weighted by Crippen LogP contribution is 2.59. The number of benzene rings is 5. The highest BCUT2D eigenvalue weighted by Gasteiger charge is 2.57. The number of phenols is 4. The lowest BCUT2D eigenvalue weighted by Crippen LogP contribution is -2.38. The topological polar surface area (TPSA) is 275 Å². The van der Waals surface area contributed by atoms with E-state index in [-0.39, 0.29) is 75.2 Å². The van der Waals surface area contributed by atoms with Crippen LogP contribution >= 0.6 is 11.6 Å². The Balaban J connectivity index is 0.000000243. The predicted octanol–water partition coefficient (Wildman–Crippen LogP) is 11.2. The number of fused-ring (bicyclic) bond motifs is 6. The van der Waals surface area contributed by atoms with Crippen molar-refractivity contribution in [3.63, 3.8) is 0 Å². The van der Waals surface area contributed by atoms with E-state index in [0.29, 0.717) is 0 Å². The molecule has 5 aromatic rings. The summed E-state index contributed by atoms with van der Waals surface area (Å²) in [6.45, 7) is 13.0. The molecule has 82 heavy (non-hydrogen) atoms. The quantitative estimate of drug-likeness (QED) is 0.0194. The van der Waals surface area contributed by atoms with Gasteiger partial charge in [-0.05, 0) is 95.0 Å². The Bertz CT molecular complexity index is 3780. The Morgan fingerprint density at radius 3 is 1.32 bits per heavy atom. The van der Waals surface area contributed by atoms with Gasteiger partial charge in [0.1, 0.15) is 96.4 Å². The molecule has 9 rings (SSSR count). The zero-order valence-electron chi connectivity index (χ0n) is 44.5. The average Bonchev–Trinajstić information content (AvgIpc) is 1.65. The van der Waals surface area contributed by atoms with Crippen LogP contribution in [-0.2, 0) is 49.1 Å². The van der Waals surface area contributed by atoms with Crippen LogP contribution in [0.25, 0.3) is 18.2 Å². The first-order chi connectivity index (χ1) is 38.2. The second-order valence-corrected chi connectivity index (χ2v) is 19.3. The summed E-state index contributed by atoms with van der Waals surface area (Å²) in [4.78, 5) is 99.6. The van der Waals surface area contributed by atoms with E-state index >= 15 is 0 Å². The fourth-order valence-corrected chi connectivity index (χ4v) is 9.30. The summed E-state index contributed by atoms with van der Waals surface area (Å²) in [6.07, 6.45) is 10.7. The van der Waals surface area contributed by atoms with E-state index in [2.05, 4.69) is 6.58 Å². The molecule has 2 aliphatic carbocycles. The van der Waals surface area contributed by atoms with E-state index in [4.69, 9.17) is 30.5 Å². The summed E-state index contributed by atoms with van der Waals surface area (Å²) < 4.78 is 22.5. The van der Waals surface area contributed by atoms with Crippen molar-refractivity contribution in [2.24, 2.45) is 0 Å². The molecule has 0 aromatic heterocycles. The molecule has 420 valence electrons. The van der Waals surface area contributed by atoms with E-state index in [1.807, 2.05) is 42.5 Å². The maximum absolute atomic E-state index is 14.4. The monoisotopic (exact) mass is 1130 g/mol.